The smallest absolute Gasteiger partial charge is 0.285 e. The molecule has 1 aliphatic heterocycles. The van der Waals surface area contributed by atoms with Gasteiger partial charge in [0.15, 0.2) is 15.8 Å². The van der Waals surface area contributed by atoms with Gasteiger partial charge in [-0.05, 0) is 66.7 Å². The number of amides is 2. The molecule has 2 amide bonds. The van der Waals surface area contributed by atoms with E-state index in [2.05, 4.69) is 5.43 Å². The summed E-state index contributed by atoms with van der Waals surface area (Å²) in [5.41, 5.74) is 5.26. The van der Waals surface area contributed by atoms with Crippen LogP contribution in [-0.2, 0) is 11.4 Å². The molecule has 0 bridgehead atoms. The first-order chi connectivity index (χ1) is 17.3. The van der Waals surface area contributed by atoms with Gasteiger partial charge in [-0.3, -0.25) is 15.0 Å². The minimum atomic E-state index is -0.528. The third-order valence-electron chi connectivity index (χ3n) is 5.20. The first-order valence-electron chi connectivity index (χ1n) is 10.7. The first-order valence-corrected chi connectivity index (χ1v) is 12.6. The zero-order chi connectivity index (χ0) is 25.8. The highest BCUT2D eigenvalue weighted by atomic mass is 35.5. The first kappa shape index (κ1) is 26.0. The monoisotopic (exact) mass is 558 g/mol. The molecule has 1 fully saturated rings. The lowest BCUT2D eigenvalue weighted by Gasteiger charge is -2.16. The van der Waals surface area contributed by atoms with Gasteiger partial charge in [0.2, 0.25) is 0 Å². The van der Waals surface area contributed by atoms with Crippen LogP contribution in [0.2, 0.25) is 10.0 Å². The van der Waals surface area contributed by atoms with Crippen molar-refractivity contribution in [3.8, 4) is 11.5 Å². The van der Waals surface area contributed by atoms with E-state index in [1.807, 2.05) is 25.1 Å². The molecule has 1 heterocycles. The Morgan fingerprint density at radius 3 is 2.58 bits per heavy atom. The second-order valence-electron chi connectivity index (χ2n) is 7.73. The number of carbonyl (C=O) groups is 2. The molecule has 0 unspecified atom stereocenters. The molecule has 0 spiro atoms. The highest BCUT2D eigenvalue weighted by Gasteiger charge is 2.34. The molecular weight excluding hydrogens is 539 g/mol. The van der Waals surface area contributed by atoms with Crippen LogP contribution < -0.4 is 14.9 Å². The van der Waals surface area contributed by atoms with Crippen LogP contribution in [-0.4, -0.2) is 28.3 Å². The minimum Gasteiger partial charge on any atom is -0.493 e. The van der Waals surface area contributed by atoms with E-state index in [0.29, 0.717) is 27.0 Å². The second kappa shape index (κ2) is 11.3. The van der Waals surface area contributed by atoms with Gasteiger partial charge in [-0.1, -0.05) is 65.3 Å². The number of ether oxygens (including phenoxy) is 2. The fourth-order valence-corrected chi connectivity index (χ4v) is 5.04. The Balaban J connectivity index is 1.48. The minimum absolute atomic E-state index is 0.203. The van der Waals surface area contributed by atoms with Crippen LogP contribution in [0.1, 0.15) is 27.0 Å². The molecule has 0 aromatic heterocycles. The Labute approximate surface area is 228 Å². The van der Waals surface area contributed by atoms with Crippen molar-refractivity contribution < 1.29 is 19.1 Å². The number of rotatable bonds is 7. The molecule has 1 aliphatic rings. The number of hydrazine groups is 1. The lowest BCUT2D eigenvalue weighted by Crippen LogP contribution is -2.44. The molecular formula is C26H20Cl2N2O4S2. The van der Waals surface area contributed by atoms with Gasteiger partial charge in [-0.2, -0.15) is 5.01 Å². The third kappa shape index (κ3) is 5.84. The predicted molar refractivity (Wildman–Crippen MR) is 147 cm³/mol. The van der Waals surface area contributed by atoms with Gasteiger partial charge in [-0.25, -0.2) is 0 Å². The number of aryl methyl sites for hydroxylation is 1. The third-order valence-corrected chi connectivity index (χ3v) is 7.19. The number of thiocarbonyl (C=S) groups is 1. The summed E-state index contributed by atoms with van der Waals surface area (Å²) in [4.78, 5) is 26.0. The van der Waals surface area contributed by atoms with E-state index in [1.165, 1.54) is 7.11 Å². The number of methoxy groups -OCH3 is 1. The van der Waals surface area contributed by atoms with E-state index in [1.54, 1.807) is 48.5 Å². The van der Waals surface area contributed by atoms with Crippen molar-refractivity contribution in [3.63, 3.8) is 0 Å². The lowest BCUT2D eigenvalue weighted by molar-refractivity contribution is -0.123. The molecule has 184 valence electrons. The van der Waals surface area contributed by atoms with Crippen molar-refractivity contribution in [2.24, 2.45) is 0 Å². The van der Waals surface area contributed by atoms with Crippen LogP contribution in [0.4, 0.5) is 0 Å². The molecule has 1 N–H and O–H groups in total. The van der Waals surface area contributed by atoms with Crippen molar-refractivity contribution in [2.45, 2.75) is 13.5 Å². The zero-order valence-electron chi connectivity index (χ0n) is 19.2. The zero-order valence-corrected chi connectivity index (χ0v) is 22.4. The molecule has 3 aromatic carbocycles. The predicted octanol–water partition coefficient (Wildman–Crippen LogP) is 6.44. The number of nitrogens with zero attached hydrogens (tertiary/aromatic N) is 1. The van der Waals surface area contributed by atoms with E-state index in [9.17, 15) is 9.59 Å². The Hall–Kier alpha value is -3.04. The van der Waals surface area contributed by atoms with Crippen LogP contribution in [0.25, 0.3) is 6.08 Å². The standard InChI is InChI=1S/C26H20Cl2N2O4S2/c1-15-7-9-18(20(28)11-15)24(31)29-30-25(32)23(36-26(30)35)13-16-8-10-21(22(12-16)33-2)34-14-17-5-3-4-6-19(17)27/h3-13H,14H2,1-2H3,(H,29,31)/b23-13+. The van der Waals surface area contributed by atoms with Gasteiger partial charge in [-0.15, -0.1) is 0 Å². The van der Waals surface area contributed by atoms with Crippen LogP contribution >= 0.6 is 47.2 Å². The molecule has 0 saturated carbocycles. The highest BCUT2D eigenvalue weighted by molar-refractivity contribution is 8.26. The van der Waals surface area contributed by atoms with E-state index in [-0.39, 0.29) is 21.5 Å². The van der Waals surface area contributed by atoms with Gasteiger partial charge in [0.1, 0.15) is 6.61 Å². The van der Waals surface area contributed by atoms with E-state index < -0.39 is 11.8 Å². The highest BCUT2D eigenvalue weighted by Crippen LogP contribution is 2.35. The number of halogens is 2. The van der Waals surface area contributed by atoms with Gasteiger partial charge >= 0.3 is 0 Å². The molecule has 0 atom stereocenters. The van der Waals surface area contributed by atoms with Crippen molar-refractivity contribution in [1.82, 2.24) is 10.4 Å². The van der Waals surface area contributed by atoms with Gasteiger partial charge in [0.25, 0.3) is 11.8 Å². The lowest BCUT2D eigenvalue weighted by atomic mass is 10.1. The van der Waals surface area contributed by atoms with Crippen LogP contribution in [0.5, 0.6) is 11.5 Å². The average molecular weight is 559 g/mol. The summed E-state index contributed by atoms with van der Waals surface area (Å²) < 4.78 is 11.6. The maximum absolute atomic E-state index is 13.0. The average Bonchev–Trinajstić information content (AvgIpc) is 3.11. The number of hydrogen-bond acceptors (Lipinski definition) is 6. The van der Waals surface area contributed by atoms with Gasteiger partial charge in [0.05, 0.1) is 22.6 Å². The van der Waals surface area contributed by atoms with Crippen molar-refractivity contribution in [2.75, 3.05) is 7.11 Å². The summed E-state index contributed by atoms with van der Waals surface area (Å²) in [5, 5.41) is 1.95. The van der Waals surface area contributed by atoms with Crippen molar-refractivity contribution in [1.29, 1.82) is 0 Å². The van der Waals surface area contributed by atoms with Crippen LogP contribution in [0, 0.1) is 6.92 Å². The maximum Gasteiger partial charge on any atom is 0.285 e. The largest absolute Gasteiger partial charge is 0.493 e. The molecule has 10 heteroatoms. The fourth-order valence-electron chi connectivity index (χ4n) is 3.35. The van der Waals surface area contributed by atoms with Gasteiger partial charge < -0.3 is 9.47 Å². The molecule has 36 heavy (non-hydrogen) atoms. The SMILES string of the molecule is COc1cc(/C=C2/SC(=S)N(NC(=O)c3ccc(C)cc3Cl)C2=O)ccc1OCc1ccccc1Cl. The summed E-state index contributed by atoms with van der Waals surface area (Å²) in [5.74, 6) is 0.0526. The summed E-state index contributed by atoms with van der Waals surface area (Å²) >= 11 is 18.8. The topological polar surface area (TPSA) is 67.9 Å². The summed E-state index contributed by atoms with van der Waals surface area (Å²) in [6.07, 6.45) is 1.67. The Kier molecular flexibility index (Phi) is 8.21. The number of carbonyl (C=O) groups excluding carboxylic acids is 2. The quantitative estimate of drug-likeness (QED) is 0.266. The molecule has 1 saturated heterocycles. The van der Waals surface area contributed by atoms with E-state index in [4.69, 9.17) is 44.9 Å². The molecule has 4 rings (SSSR count). The number of benzene rings is 3. The summed E-state index contributed by atoms with van der Waals surface area (Å²) in [6.45, 7) is 2.14. The van der Waals surface area contributed by atoms with Crippen molar-refractivity contribution >= 4 is 69.4 Å². The number of nitrogens with one attached hydrogen (secondary N) is 1. The molecule has 3 aromatic rings. The van der Waals surface area contributed by atoms with Crippen molar-refractivity contribution in [3.05, 3.63) is 97.9 Å². The fraction of sp³-hybridized carbons (Fsp3) is 0.115. The van der Waals surface area contributed by atoms with E-state index >= 15 is 0 Å². The normalized spacial score (nSPS) is 14.3. The molecule has 6 nitrogen and oxygen atoms in total. The number of thioether (sulfide) groups is 1. The Bertz CT molecular complexity index is 1390. The Morgan fingerprint density at radius 2 is 1.86 bits per heavy atom. The molecule has 0 aliphatic carbocycles. The van der Waals surface area contributed by atoms with E-state index in [0.717, 1.165) is 27.9 Å². The maximum atomic E-state index is 13.0. The van der Waals surface area contributed by atoms with Gasteiger partial charge in [0, 0.05) is 10.6 Å². The van der Waals surface area contributed by atoms with Crippen LogP contribution in [0.15, 0.2) is 65.6 Å². The number of hydrogen-bond donors (Lipinski definition) is 1. The Morgan fingerprint density at radius 1 is 1.08 bits per heavy atom. The van der Waals surface area contributed by atoms with Crippen LogP contribution in [0.3, 0.4) is 0 Å². The summed E-state index contributed by atoms with van der Waals surface area (Å²) in [6, 6.07) is 17.8. The summed E-state index contributed by atoms with van der Waals surface area (Å²) in [7, 11) is 1.53. The second-order valence-corrected chi connectivity index (χ2v) is 10.2. The molecule has 0 radical (unpaired) electrons.